The minimum absolute atomic E-state index is 0.0166. The Morgan fingerprint density at radius 1 is 0.528 bits per heavy atom. The molecule has 0 aliphatic carbocycles. The van der Waals surface area contributed by atoms with Crippen LogP contribution in [-0.4, -0.2) is 113 Å². The second-order valence-corrected chi connectivity index (χ2v) is 13.4. The van der Waals surface area contributed by atoms with Gasteiger partial charge >= 0.3 is 5.97 Å². The maximum Gasteiger partial charge on any atom is 0.326 e. The van der Waals surface area contributed by atoms with Gasteiger partial charge in [0.05, 0.1) is 39.6 Å². The highest BCUT2D eigenvalue weighted by atomic mass is 16.5. The first-order valence-electron chi connectivity index (χ1n) is 19.9. The number of amides is 4. The molecule has 1 unspecified atom stereocenters. The largest absolute Gasteiger partial charge is 0.480 e. The van der Waals surface area contributed by atoms with Gasteiger partial charge in [0.2, 0.25) is 23.6 Å². The minimum Gasteiger partial charge on any atom is -0.480 e. The van der Waals surface area contributed by atoms with Crippen LogP contribution < -0.4 is 21.3 Å². The van der Waals surface area contributed by atoms with E-state index in [9.17, 15) is 29.1 Å². The minimum atomic E-state index is -1.25. The van der Waals surface area contributed by atoms with Gasteiger partial charge in [0, 0.05) is 32.5 Å². The fourth-order valence-corrected chi connectivity index (χ4v) is 5.18. The van der Waals surface area contributed by atoms with Crippen LogP contribution in [0.3, 0.4) is 0 Å². The van der Waals surface area contributed by atoms with E-state index in [2.05, 4.69) is 34.8 Å². The van der Waals surface area contributed by atoms with Gasteiger partial charge in [-0.3, -0.25) is 19.2 Å². The number of ether oxygens (including phenoxy) is 4. The van der Waals surface area contributed by atoms with Crippen molar-refractivity contribution in [1.29, 1.82) is 0 Å². The van der Waals surface area contributed by atoms with E-state index in [1.807, 2.05) is 6.92 Å². The van der Waals surface area contributed by atoms with Gasteiger partial charge in [-0.2, -0.15) is 0 Å². The van der Waals surface area contributed by atoms with Crippen molar-refractivity contribution in [3.05, 3.63) is 12.2 Å². The first-order valence-corrected chi connectivity index (χ1v) is 19.9. The molecule has 308 valence electrons. The molecule has 0 aromatic carbocycles. The molecule has 0 spiro atoms. The number of allylic oxidation sites excluding steroid dienone is 1. The van der Waals surface area contributed by atoms with Gasteiger partial charge in [-0.25, -0.2) is 4.79 Å². The Bertz CT molecular complexity index is 982. The number of carboxylic acid groups (broad SMARTS) is 1. The highest BCUT2D eigenvalue weighted by Gasteiger charge is 2.21. The molecule has 0 aliphatic heterocycles. The summed E-state index contributed by atoms with van der Waals surface area (Å²) >= 11 is 0. The van der Waals surface area contributed by atoms with Crippen molar-refractivity contribution >= 4 is 29.6 Å². The Hall–Kier alpha value is -3.07. The van der Waals surface area contributed by atoms with E-state index < -0.39 is 17.9 Å². The van der Waals surface area contributed by atoms with E-state index >= 15 is 0 Å². The smallest absolute Gasteiger partial charge is 0.326 e. The number of nitrogens with one attached hydrogen (secondary N) is 4. The quantitative estimate of drug-likeness (QED) is 0.0438. The van der Waals surface area contributed by atoms with Crippen LogP contribution in [0.2, 0.25) is 0 Å². The molecule has 0 radical (unpaired) electrons. The lowest BCUT2D eigenvalue weighted by Crippen LogP contribution is -2.43. The van der Waals surface area contributed by atoms with Crippen LogP contribution in [0.25, 0.3) is 0 Å². The molecule has 1 atom stereocenters. The van der Waals surface area contributed by atoms with Crippen molar-refractivity contribution in [2.75, 3.05) is 72.5 Å². The molecule has 0 saturated heterocycles. The lowest BCUT2D eigenvalue weighted by Gasteiger charge is -2.14. The van der Waals surface area contributed by atoms with Crippen LogP contribution >= 0.6 is 0 Å². The Morgan fingerprint density at radius 3 is 1.45 bits per heavy atom. The number of carbonyl (C=O) groups excluding carboxylic acids is 4. The van der Waals surface area contributed by atoms with Gasteiger partial charge in [0.1, 0.15) is 19.3 Å². The van der Waals surface area contributed by atoms with Gasteiger partial charge in [0.25, 0.3) is 0 Å². The SMILES string of the molecule is C=C(C)CCCCCCCCCCCCCCC(=O)NCCOCCOCC(=O)NC(CCC(=O)NCCOCCOCC(=O)NCCCC)C(=O)O. The third kappa shape index (κ3) is 37.1. The molecule has 0 aromatic rings. The molecule has 0 bridgehead atoms. The molecule has 53 heavy (non-hydrogen) atoms. The van der Waals surface area contributed by atoms with E-state index in [-0.39, 0.29) is 83.4 Å². The number of carboxylic acids is 1. The number of hydrogen-bond donors (Lipinski definition) is 5. The molecule has 5 N–H and O–H groups in total. The fraction of sp³-hybridized carbons (Fsp3) is 0.821. The molecular weight excluding hydrogens is 684 g/mol. The van der Waals surface area contributed by atoms with Gasteiger partial charge in [0.15, 0.2) is 0 Å². The lowest BCUT2D eigenvalue weighted by atomic mass is 10.0. The molecule has 0 rings (SSSR count). The third-order valence-corrected chi connectivity index (χ3v) is 8.25. The predicted molar refractivity (Wildman–Crippen MR) is 205 cm³/mol. The summed E-state index contributed by atoms with van der Waals surface area (Å²) in [7, 11) is 0. The van der Waals surface area contributed by atoms with Crippen molar-refractivity contribution in [3.63, 3.8) is 0 Å². The summed E-state index contributed by atoms with van der Waals surface area (Å²) in [5.41, 5.74) is 1.29. The summed E-state index contributed by atoms with van der Waals surface area (Å²) in [6.45, 7) is 10.3. The van der Waals surface area contributed by atoms with Crippen molar-refractivity contribution in [1.82, 2.24) is 21.3 Å². The van der Waals surface area contributed by atoms with Gasteiger partial charge in [-0.1, -0.05) is 83.1 Å². The van der Waals surface area contributed by atoms with E-state index in [1.165, 1.54) is 69.8 Å². The second kappa shape index (κ2) is 37.3. The maximum absolute atomic E-state index is 12.1. The zero-order chi connectivity index (χ0) is 39.2. The van der Waals surface area contributed by atoms with E-state index in [0.717, 1.165) is 32.1 Å². The highest BCUT2D eigenvalue weighted by molar-refractivity contribution is 5.85. The van der Waals surface area contributed by atoms with Gasteiger partial charge in [-0.05, 0) is 39.0 Å². The Morgan fingerprint density at radius 2 is 0.962 bits per heavy atom. The third-order valence-electron chi connectivity index (χ3n) is 8.25. The number of rotatable bonds is 39. The van der Waals surface area contributed by atoms with Crippen molar-refractivity contribution < 1.29 is 48.0 Å². The maximum atomic E-state index is 12.1. The van der Waals surface area contributed by atoms with Crippen LogP contribution in [0.4, 0.5) is 0 Å². The molecule has 14 nitrogen and oxygen atoms in total. The molecule has 0 aromatic heterocycles. The highest BCUT2D eigenvalue weighted by Crippen LogP contribution is 2.14. The lowest BCUT2D eigenvalue weighted by molar-refractivity contribution is -0.143. The zero-order valence-corrected chi connectivity index (χ0v) is 32.9. The van der Waals surface area contributed by atoms with Crippen molar-refractivity contribution in [2.45, 2.75) is 135 Å². The normalized spacial score (nSPS) is 11.5. The Balaban J connectivity index is 3.66. The van der Waals surface area contributed by atoms with Crippen LogP contribution in [0.15, 0.2) is 12.2 Å². The molecule has 0 heterocycles. The number of aliphatic carboxylic acids is 1. The molecule has 14 heteroatoms. The summed E-state index contributed by atoms with van der Waals surface area (Å²) < 4.78 is 21.2. The number of carbonyl (C=O) groups is 5. The van der Waals surface area contributed by atoms with Crippen LogP contribution in [0.5, 0.6) is 0 Å². The standard InChI is InChI=1S/C39H72N4O10/c1-4-5-22-40-37(46)31-52-29-27-51-26-24-42-36(45)21-20-34(39(48)49)43-38(47)32-53-30-28-50-25-23-41-35(44)19-17-15-13-11-9-7-6-8-10-12-14-16-18-33(2)3/h34H,2,4-32H2,1,3H3,(H,40,46)(H,41,44)(H,42,45)(H,43,47)(H,48,49). The van der Waals surface area contributed by atoms with Crippen molar-refractivity contribution in [3.8, 4) is 0 Å². The van der Waals surface area contributed by atoms with Crippen LogP contribution in [0, 0.1) is 0 Å². The molecule has 0 fully saturated rings. The van der Waals surface area contributed by atoms with Crippen molar-refractivity contribution in [2.24, 2.45) is 0 Å². The molecule has 0 aliphatic rings. The Labute approximate surface area is 318 Å². The monoisotopic (exact) mass is 757 g/mol. The van der Waals surface area contributed by atoms with Gasteiger partial charge in [-0.15, -0.1) is 6.58 Å². The van der Waals surface area contributed by atoms with Crippen LogP contribution in [-0.2, 0) is 42.9 Å². The summed E-state index contributed by atoms with van der Waals surface area (Å²) in [5, 5.41) is 20.0. The van der Waals surface area contributed by atoms with E-state index in [4.69, 9.17) is 18.9 Å². The first kappa shape index (κ1) is 49.9. The average Bonchev–Trinajstić information content (AvgIpc) is 3.12. The average molecular weight is 757 g/mol. The number of unbranched alkanes of at least 4 members (excludes halogenated alkanes) is 12. The van der Waals surface area contributed by atoms with E-state index in [1.54, 1.807) is 0 Å². The summed E-state index contributed by atoms with van der Waals surface area (Å²) in [6, 6.07) is -1.24. The fourth-order valence-electron chi connectivity index (χ4n) is 5.18. The second-order valence-electron chi connectivity index (χ2n) is 13.4. The zero-order valence-electron chi connectivity index (χ0n) is 32.9. The molecule has 4 amide bonds. The summed E-state index contributed by atoms with van der Waals surface area (Å²) in [6.07, 6.45) is 18.3. The van der Waals surface area contributed by atoms with Gasteiger partial charge < -0.3 is 45.3 Å². The summed E-state index contributed by atoms with van der Waals surface area (Å²) in [4.78, 5) is 59.3. The molecule has 0 saturated carbocycles. The van der Waals surface area contributed by atoms with E-state index in [0.29, 0.717) is 26.1 Å². The first-order chi connectivity index (χ1) is 25.6. The number of hydrogen-bond acceptors (Lipinski definition) is 9. The summed E-state index contributed by atoms with van der Waals surface area (Å²) in [5.74, 6) is -2.40. The Kier molecular flexibility index (Phi) is 35.1. The topological polar surface area (TPSA) is 191 Å². The van der Waals surface area contributed by atoms with Crippen LogP contribution in [0.1, 0.15) is 129 Å². The molecular formula is C39H72N4O10. The predicted octanol–water partition coefficient (Wildman–Crippen LogP) is 4.59.